The van der Waals surface area contributed by atoms with Crippen molar-refractivity contribution >= 4 is 55.4 Å². The fourth-order valence-corrected chi connectivity index (χ4v) is 4.86. The van der Waals surface area contributed by atoms with Gasteiger partial charge in [0.05, 0.1) is 16.8 Å². The van der Waals surface area contributed by atoms with Crippen molar-refractivity contribution in [3.05, 3.63) is 93.4 Å². The van der Waals surface area contributed by atoms with E-state index in [0.29, 0.717) is 16.3 Å². The Labute approximate surface area is 194 Å². The number of nitrogens with zero attached hydrogens (tertiary/aromatic N) is 2. The van der Waals surface area contributed by atoms with Gasteiger partial charge in [-0.05, 0) is 42.8 Å². The molecule has 0 heterocycles. The summed E-state index contributed by atoms with van der Waals surface area (Å²) in [6.07, 6.45) is 1.47. The molecule has 0 saturated carbocycles. The Kier molecular flexibility index (Phi) is 7.48. The van der Waals surface area contributed by atoms with Gasteiger partial charge in [-0.2, -0.15) is 5.10 Å². The maximum atomic E-state index is 13.3. The van der Waals surface area contributed by atoms with E-state index in [1.165, 1.54) is 18.3 Å². The number of hydrogen-bond acceptors (Lipinski definition) is 4. The Hall–Kier alpha value is -2.68. The van der Waals surface area contributed by atoms with Crippen LogP contribution in [0.3, 0.4) is 0 Å². The molecule has 1 N–H and O–H groups in total. The summed E-state index contributed by atoms with van der Waals surface area (Å²) < 4.78 is 28.5. The predicted octanol–water partition coefficient (Wildman–Crippen LogP) is 4.76. The van der Waals surface area contributed by atoms with Crippen molar-refractivity contribution in [2.75, 3.05) is 10.8 Å². The zero-order valence-electron chi connectivity index (χ0n) is 16.5. The highest BCUT2D eigenvalue weighted by Crippen LogP contribution is 2.30. The molecule has 31 heavy (non-hydrogen) atoms. The third-order valence-electron chi connectivity index (χ3n) is 4.42. The lowest BCUT2D eigenvalue weighted by Crippen LogP contribution is -2.40. The summed E-state index contributed by atoms with van der Waals surface area (Å²) >= 11 is 9.60. The quantitative estimate of drug-likeness (QED) is 0.360. The molecule has 0 unspecified atom stereocenters. The number of benzene rings is 3. The minimum atomic E-state index is -4.02. The molecule has 0 radical (unpaired) electrons. The summed E-state index contributed by atoms with van der Waals surface area (Å²) in [6, 6.07) is 20.2. The molecule has 0 atom stereocenters. The SMILES string of the molecule is Cc1c(Cl)cccc1N(CC(=O)N/N=C\c1ccccc1Br)S(=O)(=O)c1ccccc1. The Morgan fingerprint density at radius 1 is 1.06 bits per heavy atom. The van der Waals surface area contributed by atoms with Crippen molar-refractivity contribution in [2.45, 2.75) is 11.8 Å². The molecule has 160 valence electrons. The Morgan fingerprint density at radius 3 is 2.45 bits per heavy atom. The molecule has 0 spiro atoms. The van der Waals surface area contributed by atoms with Gasteiger partial charge in [-0.15, -0.1) is 0 Å². The van der Waals surface area contributed by atoms with Gasteiger partial charge in [0.1, 0.15) is 6.54 Å². The lowest BCUT2D eigenvalue weighted by molar-refractivity contribution is -0.119. The van der Waals surface area contributed by atoms with Crippen molar-refractivity contribution in [3.8, 4) is 0 Å². The zero-order valence-corrected chi connectivity index (χ0v) is 19.7. The Morgan fingerprint density at radius 2 is 1.74 bits per heavy atom. The molecular formula is C22H19BrClN3O3S. The number of carbonyl (C=O) groups is 1. The maximum absolute atomic E-state index is 13.3. The summed E-state index contributed by atoms with van der Waals surface area (Å²) in [6.45, 7) is 1.24. The molecule has 0 fully saturated rings. The smallest absolute Gasteiger partial charge is 0.264 e. The van der Waals surface area contributed by atoms with Gasteiger partial charge < -0.3 is 0 Å². The minimum absolute atomic E-state index is 0.0684. The average molecular weight is 521 g/mol. The molecule has 0 bridgehead atoms. The van der Waals surface area contributed by atoms with Crippen LogP contribution in [-0.4, -0.2) is 27.1 Å². The van der Waals surface area contributed by atoms with E-state index in [1.54, 1.807) is 43.3 Å². The molecule has 3 aromatic rings. The summed E-state index contributed by atoms with van der Waals surface area (Å²) in [7, 11) is -4.02. The van der Waals surface area contributed by atoms with E-state index in [4.69, 9.17) is 11.6 Å². The van der Waals surface area contributed by atoms with Gasteiger partial charge in [0.25, 0.3) is 15.9 Å². The number of rotatable bonds is 7. The number of nitrogens with one attached hydrogen (secondary N) is 1. The second-order valence-corrected chi connectivity index (χ2v) is 9.65. The Bertz CT molecular complexity index is 1220. The van der Waals surface area contributed by atoms with Crippen LogP contribution in [0.25, 0.3) is 0 Å². The monoisotopic (exact) mass is 519 g/mol. The fourth-order valence-electron chi connectivity index (χ4n) is 2.80. The first-order chi connectivity index (χ1) is 14.8. The van der Waals surface area contributed by atoms with Crippen molar-refractivity contribution in [3.63, 3.8) is 0 Å². The van der Waals surface area contributed by atoms with Gasteiger partial charge in [0, 0.05) is 15.1 Å². The van der Waals surface area contributed by atoms with Crippen LogP contribution in [0.15, 0.2) is 87.3 Å². The Balaban J connectivity index is 1.89. The maximum Gasteiger partial charge on any atom is 0.264 e. The van der Waals surface area contributed by atoms with Crippen LogP contribution in [0, 0.1) is 6.92 Å². The van der Waals surface area contributed by atoms with Gasteiger partial charge in [0.2, 0.25) is 0 Å². The number of carbonyl (C=O) groups excluding carboxylic acids is 1. The highest BCUT2D eigenvalue weighted by atomic mass is 79.9. The summed E-state index contributed by atoms with van der Waals surface area (Å²) in [5, 5.41) is 4.34. The molecule has 0 aliphatic heterocycles. The van der Waals surface area contributed by atoms with Crippen LogP contribution in [0.2, 0.25) is 5.02 Å². The van der Waals surface area contributed by atoms with E-state index in [9.17, 15) is 13.2 Å². The van der Waals surface area contributed by atoms with Crippen LogP contribution in [0.4, 0.5) is 5.69 Å². The first kappa shape index (κ1) is 23.0. The molecular weight excluding hydrogens is 502 g/mol. The lowest BCUT2D eigenvalue weighted by Gasteiger charge is -2.25. The lowest BCUT2D eigenvalue weighted by atomic mass is 10.2. The van der Waals surface area contributed by atoms with E-state index in [-0.39, 0.29) is 4.90 Å². The highest BCUT2D eigenvalue weighted by molar-refractivity contribution is 9.10. The summed E-state index contributed by atoms with van der Waals surface area (Å²) in [4.78, 5) is 12.7. The van der Waals surface area contributed by atoms with Crippen LogP contribution in [0.5, 0.6) is 0 Å². The number of hydrazone groups is 1. The third-order valence-corrected chi connectivity index (χ3v) is 7.33. The first-order valence-corrected chi connectivity index (χ1v) is 11.8. The van der Waals surface area contributed by atoms with Crippen LogP contribution < -0.4 is 9.73 Å². The van der Waals surface area contributed by atoms with E-state index >= 15 is 0 Å². The molecule has 0 saturated heterocycles. The molecule has 0 aliphatic rings. The highest BCUT2D eigenvalue weighted by Gasteiger charge is 2.28. The number of amides is 1. The van der Waals surface area contributed by atoms with Crippen LogP contribution >= 0.6 is 27.5 Å². The van der Waals surface area contributed by atoms with Gasteiger partial charge in [0.15, 0.2) is 0 Å². The molecule has 9 heteroatoms. The van der Waals surface area contributed by atoms with Crippen molar-refractivity contribution < 1.29 is 13.2 Å². The second kappa shape index (κ2) is 10.1. The van der Waals surface area contributed by atoms with Gasteiger partial charge in [-0.3, -0.25) is 9.10 Å². The third kappa shape index (κ3) is 5.52. The molecule has 1 amide bonds. The average Bonchev–Trinajstić information content (AvgIpc) is 2.76. The zero-order chi connectivity index (χ0) is 22.4. The van der Waals surface area contributed by atoms with E-state index in [0.717, 1.165) is 14.3 Å². The minimum Gasteiger partial charge on any atom is -0.271 e. The van der Waals surface area contributed by atoms with Crippen molar-refractivity contribution in [1.29, 1.82) is 0 Å². The number of hydrogen-bond donors (Lipinski definition) is 1. The van der Waals surface area contributed by atoms with E-state index < -0.39 is 22.5 Å². The van der Waals surface area contributed by atoms with Crippen LogP contribution in [-0.2, 0) is 14.8 Å². The normalized spacial score (nSPS) is 11.5. The summed E-state index contributed by atoms with van der Waals surface area (Å²) in [5.41, 5.74) is 4.02. The number of sulfonamides is 1. The number of halogens is 2. The van der Waals surface area contributed by atoms with E-state index in [2.05, 4.69) is 26.5 Å². The van der Waals surface area contributed by atoms with Gasteiger partial charge in [-0.25, -0.2) is 13.8 Å². The second-order valence-electron chi connectivity index (χ2n) is 6.52. The van der Waals surface area contributed by atoms with Gasteiger partial charge in [-0.1, -0.05) is 70.0 Å². The largest absolute Gasteiger partial charge is 0.271 e. The van der Waals surface area contributed by atoms with Crippen LogP contribution in [0.1, 0.15) is 11.1 Å². The fraction of sp³-hybridized carbons (Fsp3) is 0.0909. The van der Waals surface area contributed by atoms with Crippen molar-refractivity contribution in [1.82, 2.24) is 5.43 Å². The van der Waals surface area contributed by atoms with E-state index in [1.807, 2.05) is 24.3 Å². The molecule has 6 nitrogen and oxygen atoms in total. The summed E-state index contributed by atoms with van der Waals surface area (Å²) in [5.74, 6) is -0.595. The van der Waals surface area contributed by atoms with Crippen molar-refractivity contribution in [2.24, 2.45) is 5.10 Å². The molecule has 0 aromatic heterocycles. The molecule has 3 aromatic carbocycles. The predicted molar refractivity (Wildman–Crippen MR) is 127 cm³/mol. The molecule has 0 aliphatic carbocycles. The standard InChI is InChI=1S/C22H19BrClN3O3S/c1-16-20(24)12-7-13-21(16)27(31(29,30)18-9-3-2-4-10-18)15-22(28)26-25-14-17-8-5-6-11-19(17)23/h2-14H,15H2,1H3,(H,26,28)/b25-14-. The topological polar surface area (TPSA) is 78.8 Å². The first-order valence-electron chi connectivity index (χ1n) is 9.20. The van der Waals surface area contributed by atoms with Gasteiger partial charge >= 0.3 is 0 Å². The molecule has 3 rings (SSSR count). The number of anilines is 1.